The molecule has 0 spiro atoms. The average Bonchev–Trinajstić information content (AvgIpc) is 2.36. The van der Waals surface area contributed by atoms with Gasteiger partial charge in [0.25, 0.3) is 0 Å². The molecular weight excluding hydrogens is 226 g/mol. The molecule has 0 saturated carbocycles. The third-order valence-corrected chi connectivity index (χ3v) is 2.67. The van der Waals surface area contributed by atoms with Crippen LogP contribution in [0.4, 0.5) is 5.82 Å². The molecule has 0 aliphatic carbocycles. The van der Waals surface area contributed by atoms with Crippen LogP contribution in [0, 0.1) is 13.8 Å². The van der Waals surface area contributed by atoms with Crippen molar-refractivity contribution in [1.29, 1.82) is 0 Å². The van der Waals surface area contributed by atoms with Crippen molar-refractivity contribution in [2.24, 2.45) is 0 Å². The second-order valence-corrected chi connectivity index (χ2v) is 4.23. The zero-order valence-electron chi connectivity index (χ0n) is 10.6. The largest absolute Gasteiger partial charge is 0.394 e. The van der Waals surface area contributed by atoms with E-state index in [0.717, 1.165) is 22.9 Å². The molecule has 0 saturated heterocycles. The molecule has 94 valence electrons. The number of anilines is 1. The lowest BCUT2D eigenvalue weighted by atomic mass is 10.1. The Balaban J connectivity index is 2.20. The van der Waals surface area contributed by atoms with Gasteiger partial charge in [-0.15, -0.1) is 0 Å². The predicted molar refractivity (Wildman–Crippen MR) is 71.4 cm³/mol. The van der Waals surface area contributed by atoms with Crippen molar-refractivity contribution in [3.8, 4) is 0 Å². The van der Waals surface area contributed by atoms with E-state index < -0.39 is 0 Å². The Labute approximate surface area is 107 Å². The molecule has 18 heavy (non-hydrogen) atoms. The van der Waals surface area contributed by atoms with Crippen molar-refractivity contribution in [2.75, 3.05) is 11.9 Å². The molecule has 1 heterocycles. The van der Waals surface area contributed by atoms with Gasteiger partial charge in [-0.1, -0.05) is 30.3 Å². The van der Waals surface area contributed by atoms with Gasteiger partial charge >= 0.3 is 0 Å². The van der Waals surface area contributed by atoms with Crippen LogP contribution in [0.25, 0.3) is 0 Å². The monoisotopic (exact) mass is 243 g/mol. The molecule has 1 aromatic carbocycles. The number of rotatable bonds is 4. The first-order valence-electron chi connectivity index (χ1n) is 5.93. The van der Waals surface area contributed by atoms with E-state index in [1.165, 1.54) is 0 Å². The highest BCUT2D eigenvalue weighted by Gasteiger charge is 2.10. The van der Waals surface area contributed by atoms with Crippen molar-refractivity contribution in [3.05, 3.63) is 53.5 Å². The highest BCUT2D eigenvalue weighted by molar-refractivity contribution is 5.39. The van der Waals surface area contributed by atoms with E-state index in [4.69, 9.17) is 0 Å². The van der Waals surface area contributed by atoms with Crippen molar-refractivity contribution in [1.82, 2.24) is 9.97 Å². The van der Waals surface area contributed by atoms with Gasteiger partial charge in [0.1, 0.15) is 11.6 Å². The first kappa shape index (κ1) is 12.5. The number of hydrogen-bond donors (Lipinski definition) is 2. The molecule has 0 bridgehead atoms. The summed E-state index contributed by atoms with van der Waals surface area (Å²) in [6.45, 7) is 3.80. The summed E-state index contributed by atoms with van der Waals surface area (Å²) in [4.78, 5) is 8.54. The summed E-state index contributed by atoms with van der Waals surface area (Å²) >= 11 is 0. The van der Waals surface area contributed by atoms with Gasteiger partial charge in [-0.3, -0.25) is 0 Å². The Morgan fingerprint density at radius 1 is 1.17 bits per heavy atom. The van der Waals surface area contributed by atoms with Crippen LogP contribution < -0.4 is 5.32 Å². The summed E-state index contributed by atoms with van der Waals surface area (Å²) in [7, 11) is 0. The molecule has 2 rings (SSSR count). The number of aliphatic hydroxyl groups excluding tert-OH is 1. The van der Waals surface area contributed by atoms with E-state index in [2.05, 4.69) is 15.3 Å². The molecule has 0 amide bonds. The van der Waals surface area contributed by atoms with Gasteiger partial charge in [-0.25, -0.2) is 9.97 Å². The number of benzene rings is 1. The Bertz CT molecular complexity index is 493. The van der Waals surface area contributed by atoms with Gasteiger partial charge in [0, 0.05) is 11.8 Å². The standard InChI is InChI=1S/C14H17N3O/c1-10-8-14(16-11(2)15-10)17-13(9-18)12-6-4-3-5-7-12/h3-8,13,18H,9H2,1-2H3,(H,15,16,17). The number of aromatic nitrogens is 2. The van der Waals surface area contributed by atoms with E-state index in [9.17, 15) is 5.11 Å². The fraction of sp³-hybridized carbons (Fsp3) is 0.286. The van der Waals surface area contributed by atoms with Gasteiger partial charge < -0.3 is 10.4 Å². The molecule has 0 fully saturated rings. The molecule has 4 heteroatoms. The van der Waals surface area contributed by atoms with E-state index in [-0.39, 0.29) is 12.6 Å². The second-order valence-electron chi connectivity index (χ2n) is 4.23. The molecule has 1 atom stereocenters. The summed E-state index contributed by atoms with van der Waals surface area (Å²) in [6, 6.07) is 11.5. The van der Waals surface area contributed by atoms with E-state index >= 15 is 0 Å². The Kier molecular flexibility index (Phi) is 3.89. The maximum atomic E-state index is 9.47. The minimum absolute atomic E-state index is 0.0200. The molecule has 0 radical (unpaired) electrons. The van der Waals surface area contributed by atoms with Crippen LogP contribution >= 0.6 is 0 Å². The third-order valence-electron chi connectivity index (χ3n) is 2.67. The van der Waals surface area contributed by atoms with Crippen molar-refractivity contribution in [2.45, 2.75) is 19.9 Å². The van der Waals surface area contributed by atoms with Gasteiger partial charge in [-0.2, -0.15) is 0 Å². The predicted octanol–water partition coefficient (Wildman–Crippen LogP) is 2.24. The summed E-state index contributed by atoms with van der Waals surface area (Å²) in [5, 5.41) is 12.7. The van der Waals surface area contributed by atoms with E-state index in [1.54, 1.807) is 0 Å². The molecule has 0 aliphatic rings. The van der Waals surface area contributed by atoms with Gasteiger partial charge in [0.2, 0.25) is 0 Å². The third kappa shape index (κ3) is 3.05. The molecule has 1 unspecified atom stereocenters. The summed E-state index contributed by atoms with van der Waals surface area (Å²) < 4.78 is 0. The van der Waals surface area contributed by atoms with Crippen LogP contribution in [0.15, 0.2) is 36.4 Å². The SMILES string of the molecule is Cc1cc(NC(CO)c2ccccc2)nc(C)n1. The van der Waals surface area contributed by atoms with Crippen LogP contribution in [0.1, 0.15) is 23.1 Å². The Morgan fingerprint density at radius 3 is 2.50 bits per heavy atom. The Morgan fingerprint density at radius 2 is 1.89 bits per heavy atom. The van der Waals surface area contributed by atoms with Crippen molar-refractivity contribution in [3.63, 3.8) is 0 Å². The quantitative estimate of drug-likeness (QED) is 0.864. The van der Waals surface area contributed by atoms with Crippen LogP contribution in [-0.2, 0) is 0 Å². The molecule has 4 nitrogen and oxygen atoms in total. The lowest BCUT2D eigenvalue weighted by Gasteiger charge is -2.17. The Hall–Kier alpha value is -1.94. The topological polar surface area (TPSA) is 58.0 Å². The second kappa shape index (κ2) is 5.60. The molecule has 0 aliphatic heterocycles. The highest BCUT2D eigenvalue weighted by atomic mass is 16.3. The fourth-order valence-corrected chi connectivity index (χ4v) is 1.89. The molecule has 1 aromatic heterocycles. The molecule has 2 aromatic rings. The minimum atomic E-state index is -0.153. The average molecular weight is 243 g/mol. The maximum Gasteiger partial charge on any atom is 0.130 e. The van der Waals surface area contributed by atoms with Crippen LogP contribution in [0.3, 0.4) is 0 Å². The fourth-order valence-electron chi connectivity index (χ4n) is 1.89. The number of nitrogens with one attached hydrogen (secondary N) is 1. The van der Waals surface area contributed by atoms with E-state index in [1.807, 2.05) is 50.2 Å². The van der Waals surface area contributed by atoms with Gasteiger partial charge in [0.15, 0.2) is 0 Å². The van der Waals surface area contributed by atoms with Crippen molar-refractivity contribution < 1.29 is 5.11 Å². The van der Waals surface area contributed by atoms with Crippen LogP contribution in [0.5, 0.6) is 0 Å². The van der Waals surface area contributed by atoms with Crippen molar-refractivity contribution >= 4 is 5.82 Å². The minimum Gasteiger partial charge on any atom is -0.394 e. The zero-order valence-corrected chi connectivity index (χ0v) is 10.6. The zero-order chi connectivity index (χ0) is 13.0. The number of aryl methyl sites for hydroxylation is 2. The summed E-state index contributed by atoms with van der Waals surface area (Å²) in [5.74, 6) is 1.46. The molecular formula is C14H17N3O. The maximum absolute atomic E-state index is 9.47. The van der Waals surface area contributed by atoms with Crippen LogP contribution in [0.2, 0.25) is 0 Å². The van der Waals surface area contributed by atoms with E-state index in [0.29, 0.717) is 0 Å². The van der Waals surface area contributed by atoms with Crippen LogP contribution in [-0.4, -0.2) is 21.7 Å². The lowest BCUT2D eigenvalue weighted by molar-refractivity contribution is 0.276. The van der Waals surface area contributed by atoms with Gasteiger partial charge in [-0.05, 0) is 19.4 Å². The summed E-state index contributed by atoms with van der Waals surface area (Å²) in [5.41, 5.74) is 1.95. The smallest absolute Gasteiger partial charge is 0.130 e. The van der Waals surface area contributed by atoms with Gasteiger partial charge in [0.05, 0.1) is 12.6 Å². The number of aliphatic hydroxyl groups is 1. The highest BCUT2D eigenvalue weighted by Crippen LogP contribution is 2.18. The number of nitrogens with zero attached hydrogens (tertiary/aromatic N) is 2. The lowest BCUT2D eigenvalue weighted by Crippen LogP contribution is -2.16. The normalized spacial score (nSPS) is 12.2. The molecule has 2 N–H and O–H groups in total. The summed E-state index contributed by atoms with van der Waals surface area (Å²) in [6.07, 6.45) is 0. The number of hydrogen-bond acceptors (Lipinski definition) is 4. The first-order valence-corrected chi connectivity index (χ1v) is 5.93. The first-order chi connectivity index (χ1) is 8.69.